The summed E-state index contributed by atoms with van der Waals surface area (Å²) >= 11 is 0. The summed E-state index contributed by atoms with van der Waals surface area (Å²) in [6.07, 6.45) is 3.61. The number of fused-ring (bicyclic) bond motifs is 2. The van der Waals surface area contributed by atoms with E-state index in [1.807, 2.05) is 31.2 Å². The van der Waals surface area contributed by atoms with Crippen LogP contribution in [0.5, 0.6) is 5.75 Å². The first-order valence-corrected chi connectivity index (χ1v) is 8.43. The fraction of sp³-hybridized carbons (Fsp3) is 0.632. The van der Waals surface area contributed by atoms with Crippen molar-refractivity contribution in [2.45, 2.75) is 53.0 Å². The number of nitrogens with one attached hydrogen (secondary N) is 1. The predicted molar refractivity (Wildman–Crippen MR) is 88.1 cm³/mol. The Hall–Kier alpha value is -1.51. The standard InChI is InChI=1S/C19H27NO2/c1-5-22-15-9-7-6-8-14(15)17(21)20-16-12-13-10-11-19(16,4)18(13,2)3/h6-9,13,16H,5,10-12H2,1-4H3,(H,20,21)/t13-,16-,19-/m0/s1. The van der Waals surface area contributed by atoms with Gasteiger partial charge in [0.05, 0.1) is 12.2 Å². The van der Waals surface area contributed by atoms with Crippen LogP contribution >= 0.6 is 0 Å². The summed E-state index contributed by atoms with van der Waals surface area (Å²) in [5.41, 5.74) is 1.16. The average Bonchev–Trinajstić information content (AvgIpc) is 2.81. The molecule has 1 N–H and O–H groups in total. The van der Waals surface area contributed by atoms with Gasteiger partial charge in [-0.05, 0) is 55.1 Å². The summed E-state index contributed by atoms with van der Waals surface area (Å²) in [6, 6.07) is 7.78. The largest absolute Gasteiger partial charge is 0.493 e. The van der Waals surface area contributed by atoms with E-state index in [4.69, 9.17) is 4.74 Å². The minimum absolute atomic E-state index is 0.00127. The zero-order chi connectivity index (χ0) is 16.0. The van der Waals surface area contributed by atoms with E-state index >= 15 is 0 Å². The van der Waals surface area contributed by atoms with Gasteiger partial charge in [0.2, 0.25) is 0 Å². The molecular formula is C19H27NO2. The third-order valence-corrected chi connectivity index (χ3v) is 6.53. The molecule has 0 spiro atoms. The molecule has 120 valence electrons. The van der Waals surface area contributed by atoms with Crippen molar-refractivity contribution >= 4 is 5.91 Å². The third-order valence-electron chi connectivity index (χ3n) is 6.53. The van der Waals surface area contributed by atoms with Crippen molar-refractivity contribution in [3.8, 4) is 5.75 Å². The van der Waals surface area contributed by atoms with Gasteiger partial charge >= 0.3 is 0 Å². The van der Waals surface area contributed by atoms with Gasteiger partial charge in [-0.1, -0.05) is 32.9 Å². The van der Waals surface area contributed by atoms with Crippen LogP contribution in [0.25, 0.3) is 0 Å². The Balaban J connectivity index is 1.79. The lowest BCUT2D eigenvalue weighted by Crippen LogP contribution is -2.46. The van der Waals surface area contributed by atoms with Crippen molar-refractivity contribution in [1.29, 1.82) is 0 Å². The van der Waals surface area contributed by atoms with Crippen molar-refractivity contribution in [2.75, 3.05) is 6.61 Å². The Morgan fingerprint density at radius 2 is 2.05 bits per heavy atom. The number of benzene rings is 1. The molecule has 0 aliphatic heterocycles. The van der Waals surface area contributed by atoms with Gasteiger partial charge in [0, 0.05) is 6.04 Å². The van der Waals surface area contributed by atoms with E-state index in [0.29, 0.717) is 23.3 Å². The minimum Gasteiger partial charge on any atom is -0.493 e. The van der Waals surface area contributed by atoms with Crippen LogP contribution in [0.2, 0.25) is 0 Å². The van der Waals surface area contributed by atoms with Crippen molar-refractivity contribution < 1.29 is 9.53 Å². The molecule has 1 amide bonds. The number of para-hydroxylation sites is 1. The molecule has 3 nitrogen and oxygen atoms in total. The molecule has 22 heavy (non-hydrogen) atoms. The normalized spacial score (nSPS) is 32.0. The molecule has 0 saturated heterocycles. The minimum atomic E-state index is -0.00127. The Morgan fingerprint density at radius 1 is 1.32 bits per heavy atom. The summed E-state index contributed by atoms with van der Waals surface area (Å²) in [7, 11) is 0. The van der Waals surface area contributed by atoms with Gasteiger partial charge in [-0.2, -0.15) is 0 Å². The highest BCUT2D eigenvalue weighted by molar-refractivity contribution is 5.97. The molecule has 2 aliphatic carbocycles. The molecule has 0 aromatic heterocycles. The van der Waals surface area contributed by atoms with E-state index in [0.717, 1.165) is 12.3 Å². The fourth-order valence-electron chi connectivity index (χ4n) is 4.59. The van der Waals surface area contributed by atoms with E-state index < -0.39 is 0 Å². The van der Waals surface area contributed by atoms with Crippen LogP contribution in [0.3, 0.4) is 0 Å². The number of carbonyl (C=O) groups excluding carboxylic acids is 1. The van der Waals surface area contributed by atoms with E-state index in [1.165, 1.54) is 12.8 Å². The third kappa shape index (κ3) is 2.13. The highest BCUT2D eigenvalue weighted by Gasteiger charge is 2.61. The first-order chi connectivity index (χ1) is 10.4. The molecule has 2 aliphatic rings. The summed E-state index contributed by atoms with van der Waals surface area (Å²) < 4.78 is 5.59. The topological polar surface area (TPSA) is 38.3 Å². The van der Waals surface area contributed by atoms with Crippen LogP contribution in [0.4, 0.5) is 0 Å². The molecule has 1 aromatic carbocycles. The molecular weight excluding hydrogens is 274 g/mol. The Labute approximate surface area is 133 Å². The summed E-state index contributed by atoms with van der Waals surface area (Å²) in [5.74, 6) is 1.40. The van der Waals surface area contributed by atoms with E-state index in [9.17, 15) is 4.79 Å². The van der Waals surface area contributed by atoms with Crippen LogP contribution in [0.15, 0.2) is 24.3 Å². The number of carbonyl (C=O) groups is 1. The Kier molecular flexibility index (Phi) is 3.70. The van der Waals surface area contributed by atoms with Crippen LogP contribution < -0.4 is 10.1 Å². The smallest absolute Gasteiger partial charge is 0.255 e. The van der Waals surface area contributed by atoms with Gasteiger partial charge in [0.1, 0.15) is 5.75 Å². The van der Waals surface area contributed by atoms with Crippen LogP contribution in [0.1, 0.15) is 57.3 Å². The molecule has 1 aromatic rings. The molecule has 2 fully saturated rings. The number of amides is 1. The molecule has 2 bridgehead atoms. The van der Waals surface area contributed by atoms with Gasteiger partial charge in [0.25, 0.3) is 5.91 Å². The molecule has 3 atom stereocenters. The van der Waals surface area contributed by atoms with Gasteiger partial charge in [-0.15, -0.1) is 0 Å². The fourth-order valence-corrected chi connectivity index (χ4v) is 4.59. The maximum atomic E-state index is 12.7. The molecule has 0 heterocycles. The van der Waals surface area contributed by atoms with Crippen molar-refractivity contribution in [3.63, 3.8) is 0 Å². The molecule has 3 rings (SSSR count). The summed E-state index contributed by atoms with van der Waals surface area (Å²) in [6.45, 7) is 9.59. The number of ether oxygens (including phenoxy) is 1. The van der Waals surface area contributed by atoms with Crippen LogP contribution in [0, 0.1) is 16.7 Å². The van der Waals surface area contributed by atoms with Gasteiger partial charge in [-0.25, -0.2) is 0 Å². The first-order valence-electron chi connectivity index (χ1n) is 8.43. The van der Waals surface area contributed by atoms with E-state index in [1.54, 1.807) is 0 Å². The van der Waals surface area contributed by atoms with E-state index in [-0.39, 0.29) is 17.4 Å². The van der Waals surface area contributed by atoms with Gasteiger partial charge in [0.15, 0.2) is 0 Å². The SMILES string of the molecule is CCOc1ccccc1C(=O)N[C@H]1C[C@@H]2CC[C@]1(C)C2(C)C. The van der Waals surface area contributed by atoms with Crippen molar-refractivity contribution in [2.24, 2.45) is 16.7 Å². The zero-order valence-corrected chi connectivity index (χ0v) is 14.1. The lowest BCUT2D eigenvalue weighted by molar-refractivity contribution is 0.0823. The molecule has 3 heteroatoms. The maximum absolute atomic E-state index is 12.7. The second kappa shape index (κ2) is 5.29. The zero-order valence-electron chi connectivity index (χ0n) is 14.1. The Morgan fingerprint density at radius 3 is 2.64 bits per heavy atom. The maximum Gasteiger partial charge on any atom is 0.255 e. The van der Waals surface area contributed by atoms with Crippen LogP contribution in [-0.2, 0) is 0 Å². The molecule has 0 unspecified atom stereocenters. The number of rotatable bonds is 4. The second-order valence-corrected chi connectivity index (χ2v) is 7.57. The molecule has 2 saturated carbocycles. The quantitative estimate of drug-likeness (QED) is 0.912. The second-order valence-electron chi connectivity index (χ2n) is 7.57. The predicted octanol–water partition coefficient (Wildman–Crippen LogP) is 4.03. The summed E-state index contributed by atoms with van der Waals surface area (Å²) in [5, 5.41) is 3.30. The number of hydrogen-bond donors (Lipinski definition) is 1. The van der Waals surface area contributed by atoms with E-state index in [2.05, 4.69) is 26.1 Å². The van der Waals surface area contributed by atoms with Crippen LogP contribution in [-0.4, -0.2) is 18.6 Å². The lowest BCUT2D eigenvalue weighted by Gasteiger charge is -2.39. The Bertz CT molecular complexity index is 581. The lowest BCUT2D eigenvalue weighted by atomic mass is 9.69. The average molecular weight is 301 g/mol. The summed E-state index contributed by atoms with van der Waals surface area (Å²) in [4.78, 5) is 12.7. The first kappa shape index (κ1) is 15.4. The van der Waals surface area contributed by atoms with Gasteiger partial charge in [-0.3, -0.25) is 4.79 Å². The van der Waals surface area contributed by atoms with Crippen molar-refractivity contribution in [3.05, 3.63) is 29.8 Å². The number of hydrogen-bond acceptors (Lipinski definition) is 2. The monoisotopic (exact) mass is 301 g/mol. The van der Waals surface area contributed by atoms with Gasteiger partial charge < -0.3 is 10.1 Å². The highest BCUT2D eigenvalue weighted by atomic mass is 16.5. The highest BCUT2D eigenvalue weighted by Crippen LogP contribution is 2.65. The molecule has 0 radical (unpaired) electrons. The van der Waals surface area contributed by atoms with Crippen molar-refractivity contribution in [1.82, 2.24) is 5.32 Å².